The summed E-state index contributed by atoms with van der Waals surface area (Å²) in [6, 6.07) is 12.8. The van der Waals surface area contributed by atoms with E-state index in [4.69, 9.17) is 24.4 Å². The molecule has 2 heterocycles. The van der Waals surface area contributed by atoms with Gasteiger partial charge in [0.2, 0.25) is 6.73 Å². The van der Waals surface area contributed by atoms with Crippen LogP contribution in [-0.2, 0) is 33.4 Å². The molecule has 1 unspecified atom stereocenters. The average molecular weight is 448 g/mol. The maximum Gasteiger partial charge on any atom is 0.475 e. The number of anilines is 1. The first-order valence-corrected chi connectivity index (χ1v) is 11.2. The molecule has 9 nitrogen and oxygen atoms in total. The number of nitrogen functional groups attached to an aromatic ring is 1. The standard InChI is InChI=1S/C21H26N3O6P/c1-21(2,3)30-31(26,27)28-14-24-10-4-5-18(20(24)22)19-12-17(23-29-19)11-15-6-8-16(13-25)9-7-15/h4-10,12,22,25H,11,13-14H2,1-3H3,(H,26,27)/p+1. The molecule has 0 saturated heterocycles. The third-order valence-electron chi connectivity index (χ3n) is 4.28. The Labute approximate surface area is 180 Å². The fourth-order valence-corrected chi connectivity index (χ4v) is 3.90. The normalized spacial score (nSPS) is 13.8. The molecule has 1 aromatic carbocycles. The van der Waals surface area contributed by atoms with Crippen LogP contribution in [0.15, 0.2) is 53.2 Å². The summed E-state index contributed by atoms with van der Waals surface area (Å²) in [5.41, 5.74) is 8.55. The van der Waals surface area contributed by atoms with Crippen molar-refractivity contribution in [3.8, 4) is 11.3 Å². The second-order valence-corrected chi connectivity index (χ2v) is 9.42. The molecule has 0 fully saturated rings. The molecule has 3 rings (SSSR count). The third kappa shape index (κ3) is 6.46. The van der Waals surface area contributed by atoms with Gasteiger partial charge in [-0.3, -0.25) is 10.3 Å². The average Bonchev–Trinajstić information content (AvgIpc) is 3.14. The fourth-order valence-electron chi connectivity index (χ4n) is 2.89. The first kappa shape index (κ1) is 23.1. The lowest BCUT2D eigenvalue weighted by molar-refractivity contribution is -0.712. The first-order chi connectivity index (χ1) is 14.6. The maximum absolute atomic E-state index is 12.1. The molecule has 4 N–H and O–H groups in total. The lowest BCUT2D eigenvalue weighted by atomic mass is 10.1. The lowest BCUT2D eigenvalue weighted by Gasteiger charge is -2.22. The summed E-state index contributed by atoms with van der Waals surface area (Å²) in [4.78, 5) is 9.88. The van der Waals surface area contributed by atoms with Gasteiger partial charge in [0.25, 0.3) is 5.82 Å². The minimum atomic E-state index is -4.26. The van der Waals surface area contributed by atoms with E-state index in [2.05, 4.69) is 5.16 Å². The van der Waals surface area contributed by atoms with Gasteiger partial charge < -0.3 is 14.5 Å². The van der Waals surface area contributed by atoms with Crippen LogP contribution in [0, 0.1) is 0 Å². The molecule has 0 amide bonds. The van der Waals surface area contributed by atoms with Crippen molar-refractivity contribution in [2.75, 3.05) is 5.73 Å². The van der Waals surface area contributed by atoms with Crippen LogP contribution in [0.3, 0.4) is 0 Å². The zero-order valence-corrected chi connectivity index (χ0v) is 18.6. The smallest absolute Gasteiger partial charge is 0.392 e. The largest absolute Gasteiger partial charge is 0.475 e. The van der Waals surface area contributed by atoms with Gasteiger partial charge in [0.1, 0.15) is 5.56 Å². The quantitative estimate of drug-likeness (QED) is 0.354. The summed E-state index contributed by atoms with van der Waals surface area (Å²) in [5, 5.41) is 13.2. The highest BCUT2D eigenvalue weighted by molar-refractivity contribution is 7.47. The van der Waals surface area contributed by atoms with E-state index < -0.39 is 13.4 Å². The van der Waals surface area contributed by atoms with Gasteiger partial charge >= 0.3 is 7.82 Å². The predicted octanol–water partition coefficient (Wildman–Crippen LogP) is 3.18. The number of benzene rings is 1. The number of phosphoric ester groups is 1. The molecule has 0 aliphatic carbocycles. The van der Waals surface area contributed by atoms with E-state index >= 15 is 0 Å². The summed E-state index contributed by atoms with van der Waals surface area (Å²) in [7, 11) is -4.26. The molecule has 0 radical (unpaired) electrons. The molecule has 3 aromatic rings. The Bertz CT molecular complexity index is 1080. The molecule has 0 aliphatic rings. The Morgan fingerprint density at radius 2 is 1.87 bits per heavy atom. The summed E-state index contributed by atoms with van der Waals surface area (Å²) >= 11 is 0. The van der Waals surface area contributed by atoms with Crippen molar-refractivity contribution >= 4 is 13.6 Å². The van der Waals surface area contributed by atoms with Crippen molar-refractivity contribution in [2.45, 2.75) is 46.1 Å². The Balaban J connectivity index is 1.73. The molecule has 1 atom stereocenters. The van der Waals surface area contributed by atoms with Crippen molar-refractivity contribution in [3.63, 3.8) is 0 Å². The molecule has 31 heavy (non-hydrogen) atoms. The summed E-state index contributed by atoms with van der Waals surface area (Å²) in [6.45, 7) is 4.69. The number of aliphatic hydroxyl groups excluding tert-OH is 1. The zero-order valence-electron chi connectivity index (χ0n) is 17.7. The predicted molar refractivity (Wildman–Crippen MR) is 113 cm³/mol. The number of phosphoric acid groups is 1. The van der Waals surface area contributed by atoms with Crippen LogP contribution in [0.4, 0.5) is 5.82 Å². The first-order valence-electron chi connectivity index (χ1n) is 9.67. The van der Waals surface area contributed by atoms with Crippen molar-refractivity contribution in [1.29, 1.82) is 0 Å². The number of hydrogen-bond donors (Lipinski definition) is 3. The van der Waals surface area contributed by atoms with E-state index in [0.717, 1.165) is 16.8 Å². The molecule has 0 bridgehead atoms. The number of nitrogens with zero attached hydrogens (tertiary/aromatic N) is 2. The highest BCUT2D eigenvalue weighted by atomic mass is 31.2. The Hall–Kier alpha value is -2.55. The summed E-state index contributed by atoms with van der Waals surface area (Å²) < 4.78 is 29.2. The number of rotatable bonds is 8. The molecule has 0 spiro atoms. The van der Waals surface area contributed by atoms with Crippen LogP contribution in [0.5, 0.6) is 0 Å². The van der Waals surface area contributed by atoms with Crippen molar-refractivity contribution in [1.82, 2.24) is 5.16 Å². The lowest BCUT2D eigenvalue weighted by Crippen LogP contribution is -2.38. The zero-order chi connectivity index (χ0) is 22.6. The number of pyridine rings is 1. The van der Waals surface area contributed by atoms with Crippen molar-refractivity contribution in [3.05, 3.63) is 65.5 Å². The van der Waals surface area contributed by atoms with Crippen LogP contribution >= 0.6 is 7.82 Å². The number of nitrogens with two attached hydrogens (primary N) is 1. The van der Waals surface area contributed by atoms with E-state index in [1.807, 2.05) is 24.3 Å². The number of aromatic nitrogens is 2. The van der Waals surface area contributed by atoms with E-state index in [1.54, 1.807) is 45.2 Å². The van der Waals surface area contributed by atoms with Crippen LogP contribution in [0.25, 0.3) is 11.3 Å². The molecular weight excluding hydrogens is 421 g/mol. The molecular formula is C21H27N3O6P+. The Morgan fingerprint density at radius 1 is 1.19 bits per heavy atom. The maximum atomic E-state index is 12.1. The van der Waals surface area contributed by atoms with E-state index in [0.29, 0.717) is 17.7 Å². The monoisotopic (exact) mass is 448 g/mol. The molecule has 10 heteroatoms. The highest BCUT2D eigenvalue weighted by Gasteiger charge is 2.30. The minimum absolute atomic E-state index is 0.000542. The van der Waals surface area contributed by atoms with Crippen molar-refractivity contribution in [2.24, 2.45) is 0 Å². The van der Waals surface area contributed by atoms with Gasteiger partial charge in [-0.2, -0.15) is 0 Å². The minimum Gasteiger partial charge on any atom is -0.392 e. The van der Waals surface area contributed by atoms with E-state index in [9.17, 15) is 9.46 Å². The SMILES string of the molecule is CC(C)(C)OP(=O)(O)OC[n+]1cccc(-c2cc(Cc3ccc(CO)cc3)no2)c1N. The van der Waals surface area contributed by atoms with E-state index in [1.165, 1.54) is 4.57 Å². The topological polar surface area (TPSA) is 132 Å². The van der Waals surface area contributed by atoms with Gasteiger partial charge in [0.05, 0.1) is 24.1 Å². The van der Waals surface area contributed by atoms with Gasteiger partial charge in [-0.1, -0.05) is 29.4 Å². The third-order valence-corrected chi connectivity index (χ3v) is 5.50. The van der Waals surface area contributed by atoms with Gasteiger partial charge in [0.15, 0.2) is 5.76 Å². The second-order valence-electron chi connectivity index (χ2n) is 8.04. The van der Waals surface area contributed by atoms with Gasteiger partial charge in [-0.15, -0.1) is 0 Å². The fraction of sp³-hybridized carbons (Fsp3) is 0.333. The Morgan fingerprint density at radius 3 is 2.52 bits per heavy atom. The molecule has 0 saturated carbocycles. The molecule has 166 valence electrons. The van der Waals surface area contributed by atoms with Gasteiger partial charge in [0, 0.05) is 12.5 Å². The van der Waals surface area contributed by atoms with Crippen LogP contribution in [0.1, 0.15) is 37.6 Å². The number of hydrogen-bond acceptors (Lipinski definition) is 7. The van der Waals surface area contributed by atoms with Crippen LogP contribution in [0.2, 0.25) is 0 Å². The van der Waals surface area contributed by atoms with Crippen LogP contribution < -0.4 is 10.3 Å². The Kier molecular flexibility index (Phi) is 6.93. The van der Waals surface area contributed by atoms with Crippen molar-refractivity contribution < 1.29 is 32.7 Å². The van der Waals surface area contributed by atoms with E-state index in [-0.39, 0.29) is 19.2 Å². The summed E-state index contributed by atoms with van der Waals surface area (Å²) in [6.07, 6.45) is 2.18. The second kappa shape index (κ2) is 9.30. The number of aliphatic hydroxyl groups is 1. The highest BCUT2D eigenvalue weighted by Crippen LogP contribution is 2.47. The summed E-state index contributed by atoms with van der Waals surface area (Å²) in [5.74, 6) is 0.750. The van der Waals surface area contributed by atoms with Gasteiger partial charge in [-0.05, 0) is 44.0 Å². The van der Waals surface area contributed by atoms with Crippen LogP contribution in [-0.4, -0.2) is 20.8 Å². The molecule has 2 aromatic heterocycles. The molecule has 0 aliphatic heterocycles. The van der Waals surface area contributed by atoms with Gasteiger partial charge in [-0.25, -0.2) is 13.7 Å².